The van der Waals surface area contributed by atoms with Crippen molar-refractivity contribution < 1.29 is 9.53 Å². The highest BCUT2D eigenvalue weighted by molar-refractivity contribution is 5.82. The fourth-order valence-electron chi connectivity index (χ4n) is 1.27. The van der Waals surface area contributed by atoms with Gasteiger partial charge in [0.1, 0.15) is 0 Å². The number of nitrogens with one attached hydrogen (secondary N) is 1. The average Bonchev–Trinajstić information content (AvgIpc) is 2.27. The minimum atomic E-state index is -0.477. The first-order chi connectivity index (χ1) is 6.47. The Kier molecular flexibility index (Phi) is 3.29. The van der Waals surface area contributed by atoms with Crippen molar-refractivity contribution in [2.24, 2.45) is 11.1 Å². The van der Waals surface area contributed by atoms with E-state index in [0.717, 1.165) is 0 Å². The molecule has 14 heavy (non-hydrogen) atoms. The summed E-state index contributed by atoms with van der Waals surface area (Å²) < 4.78 is 5.56. The molecule has 1 saturated heterocycles. The molecule has 2 unspecified atom stereocenters. The third-order valence-electron chi connectivity index (χ3n) is 2.44. The highest BCUT2D eigenvalue weighted by Gasteiger charge is 2.33. The minimum absolute atomic E-state index is 0.0104. The molecule has 1 heterocycles. The van der Waals surface area contributed by atoms with Gasteiger partial charge in [0.25, 0.3) is 0 Å². The first-order valence-corrected chi connectivity index (χ1v) is 4.75. The van der Waals surface area contributed by atoms with Crippen molar-refractivity contribution in [1.29, 1.82) is 0 Å². The Morgan fingerprint density at radius 2 is 2.43 bits per heavy atom. The van der Waals surface area contributed by atoms with E-state index in [1.807, 2.05) is 13.8 Å². The van der Waals surface area contributed by atoms with Crippen molar-refractivity contribution in [3.8, 4) is 0 Å². The van der Waals surface area contributed by atoms with Crippen molar-refractivity contribution in [3.05, 3.63) is 12.7 Å². The Morgan fingerprint density at radius 3 is 3.00 bits per heavy atom. The lowest BCUT2D eigenvalue weighted by atomic mass is 9.94. The largest absolute Gasteiger partial charge is 0.373 e. The summed E-state index contributed by atoms with van der Waals surface area (Å²) in [6, 6.07) is -0.232. The molecule has 0 saturated carbocycles. The predicted octanol–water partition coefficient (Wildman–Crippen LogP) is 0.0409. The molecule has 3 N–H and O–H groups in total. The molecule has 0 spiro atoms. The second-order valence-electron chi connectivity index (χ2n) is 4.26. The van der Waals surface area contributed by atoms with E-state index < -0.39 is 5.41 Å². The van der Waals surface area contributed by atoms with Crippen molar-refractivity contribution in [2.75, 3.05) is 13.2 Å². The molecule has 1 aliphatic heterocycles. The normalized spacial score (nSPS) is 28.8. The number of hydrogen-bond donors (Lipinski definition) is 2. The van der Waals surface area contributed by atoms with Crippen LogP contribution in [0.3, 0.4) is 0 Å². The van der Waals surface area contributed by atoms with Gasteiger partial charge < -0.3 is 15.8 Å². The van der Waals surface area contributed by atoms with Gasteiger partial charge in [-0.3, -0.25) is 4.79 Å². The minimum Gasteiger partial charge on any atom is -0.373 e. The lowest BCUT2D eigenvalue weighted by Crippen LogP contribution is -2.42. The Morgan fingerprint density at radius 1 is 1.79 bits per heavy atom. The molecular weight excluding hydrogens is 180 g/mol. The van der Waals surface area contributed by atoms with Gasteiger partial charge in [0.2, 0.25) is 5.91 Å². The zero-order chi connectivity index (χ0) is 10.8. The third-order valence-corrected chi connectivity index (χ3v) is 2.44. The summed E-state index contributed by atoms with van der Waals surface area (Å²) >= 11 is 0. The number of nitrogens with two attached hydrogens (primary N) is 1. The molecule has 2 atom stereocenters. The van der Waals surface area contributed by atoms with E-state index in [9.17, 15) is 4.79 Å². The van der Waals surface area contributed by atoms with Crippen LogP contribution in [0.2, 0.25) is 0 Å². The lowest BCUT2D eigenvalue weighted by molar-refractivity contribution is -0.130. The molecule has 4 heteroatoms. The van der Waals surface area contributed by atoms with E-state index in [4.69, 9.17) is 10.5 Å². The van der Waals surface area contributed by atoms with Crippen LogP contribution in [-0.2, 0) is 9.53 Å². The molecule has 0 aromatic carbocycles. The van der Waals surface area contributed by atoms with Crippen LogP contribution < -0.4 is 11.1 Å². The second-order valence-corrected chi connectivity index (χ2v) is 4.26. The highest BCUT2D eigenvalue weighted by Crippen LogP contribution is 2.19. The number of ether oxygens (including phenoxy) is 1. The summed E-state index contributed by atoms with van der Waals surface area (Å²) in [5, 5.41) is 2.81. The maximum Gasteiger partial charge on any atom is 0.228 e. The molecule has 0 aromatic rings. The first kappa shape index (κ1) is 11.2. The Labute approximate surface area is 84.5 Å². The average molecular weight is 198 g/mol. The SMILES string of the molecule is C=CC(N)C1CNC(=O)C(C)(C)CO1. The molecule has 0 radical (unpaired) electrons. The summed E-state index contributed by atoms with van der Waals surface area (Å²) in [6.07, 6.45) is 1.47. The van der Waals surface area contributed by atoms with Crippen LogP contribution in [0, 0.1) is 5.41 Å². The summed E-state index contributed by atoms with van der Waals surface area (Å²) in [4.78, 5) is 11.5. The van der Waals surface area contributed by atoms with E-state index >= 15 is 0 Å². The van der Waals surface area contributed by atoms with Crippen LogP contribution >= 0.6 is 0 Å². The molecule has 0 bridgehead atoms. The molecule has 0 aliphatic carbocycles. The van der Waals surface area contributed by atoms with E-state index in [2.05, 4.69) is 11.9 Å². The van der Waals surface area contributed by atoms with Crippen LogP contribution in [-0.4, -0.2) is 31.2 Å². The van der Waals surface area contributed by atoms with Crippen molar-refractivity contribution in [2.45, 2.75) is 26.0 Å². The fraction of sp³-hybridized carbons (Fsp3) is 0.700. The summed E-state index contributed by atoms with van der Waals surface area (Å²) in [5.74, 6) is 0.0104. The summed E-state index contributed by atoms with van der Waals surface area (Å²) in [7, 11) is 0. The predicted molar refractivity (Wildman–Crippen MR) is 54.7 cm³/mol. The third kappa shape index (κ3) is 2.33. The molecule has 0 aromatic heterocycles. The number of carbonyl (C=O) groups excluding carboxylic acids is 1. The van der Waals surface area contributed by atoms with Crippen LogP contribution in [0.1, 0.15) is 13.8 Å². The van der Waals surface area contributed by atoms with Crippen molar-refractivity contribution in [1.82, 2.24) is 5.32 Å². The first-order valence-electron chi connectivity index (χ1n) is 4.75. The molecule has 80 valence electrons. The van der Waals surface area contributed by atoms with Gasteiger partial charge in [-0.2, -0.15) is 0 Å². The van der Waals surface area contributed by atoms with Gasteiger partial charge in [0.05, 0.1) is 24.2 Å². The molecular formula is C10H18N2O2. The smallest absolute Gasteiger partial charge is 0.228 e. The van der Waals surface area contributed by atoms with Gasteiger partial charge in [-0.15, -0.1) is 6.58 Å². The summed E-state index contributed by atoms with van der Waals surface area (Å²) in [6.45, 7) is 8.15. The highest BCUT2D eigenvalue weighted by atomic mass is 16.5. The Hall–Kier alpha value is -0.870. The molecule has 1 rings (SSSR count). The zero-order valence-electron chi connectivity index (χ0n) is 8.75. The van der Waals surface area contributed by atoms with Crippen molar-refractivity contribution in [3.63, 3.8) is 0 Å². The number of carbonyl (C=O) groups is 1. The van der Waals surface area contributed by atoms with Gasteiger partial charge in [-0.05, 0) is 13.8 Å². The van der Waals surface area contributed by atoms with Gasteiger partial charge in [0.15, 0.2) is 0 Å². The molecule has 1 fully saturated rings. The fourth-order valence-corrected chi connectivity index (χ4v) is 1.27. The topological polar surface area (TPSA) is 64.3 Å². The number of rotatable bonds is 2. The van der Waals surface area contributed by atoms with Crippen LogP contribution in [0.15, 0.2) is 12.7 Å². The van der Waals surface area contributed by atoms with E-state index in [1.165, 1.54) is 0 Å². The van der Waals surface area contributed by atoms with Gasteiger partial charge in [0, 0.05) is 6.54 Å². The van der Waals surface area contributed by atoms with Gasteiger partial charge in [-0.25, -0.2) is 0 Å². The van der Waals surface area contributed by atoms with E-state index in [1.54, 1.807) is 6.08 Å². The van der Waals surface area contributed by atoms with Gasteiger partial charge >= 0.3 is 0 Å². The quantitative estimate of drug-likeness (QED) is 0.616. The monoisotopic (exact) mass is 198 g/mol. The number of amides is 1. The second kappa shape index (κ2) is 4.11. The Bertz CT molecular complexity index is 238. The maximum atomic E-state index is 11.5. The zero-order valence-corrected chi connectivity index (χ0v) is 8.75. The standard InChI is InChI=1S/C10H18N2O2/c1-4-7(11)8-5-12-9(13)10(2,3)6-14-8/h4,7-8H,1,5-6,11H2,2-3H3,(H,12,13). The maximum absolute atomic E-state index is 11.5. The Balaban J connectivity index is 2.65. The molecule has 1 aliphatic rings. The van der Waals surface area contributed by atoms with E-state index in [0.29, 0.717) is 13.2 Å². The molecule has 1 amide bonds. The summed E-state index contributed by atoms with van der Waals surface area (Å²) in [5.41, 5.74) is 5.28. The number of hydrogen-bond acceptors (Lipinski definition) is 3. The van der Waals surface area contributed by atoms with Gasteiger partial charge in [-0.1, -0.05) is 6.08 Å². The van der Waals surface area contributed by atoms with Crippen molar-refractivity contribution >= 4 is 5.91 Å². The van der Waals surface area contributed by atoms with E-state index in [-0.39, 0.29) is 18.1 Å². The van der Waals surface area contributed by atoms with Crippen LogP contribution in [0.4, 0.5) is 0 Å². The molecule has 4 nitrogen and oxygen atoms in total. The van der Waals surface area contributed by atoms with Crippen LogP contribution in [0.5, 0.6) is 0 Å². The lowest BCUT2D eigenvalue weighted by Gasteiger charge is -2.21. The van der Waals surface area contributed by atoms with Crippen LogP contribution in [0.25, 0.3) is 0 Å².